The summed E-state index contributed by atoms with van der Waals surface area (Å²) in [7, 11) is 0. The van der Waals surface area contributed by atoms with Crippen molar-refractivity contribution in [1.82, 2.24) is 25.2 Å². The van der Waals surface area contributed by atoms with Crippen LogP contribution in [0, 0.1) is 17.4 Å². The summed E-state index contributed by atoms with van der Waals surface area (Å²) in [5.41, 5.74) is 7.28. The van der Waals surface area contributed by atoms with E-state index in [4.69, 9.17) is 10.3 Å². The summed E-state index contributed by atoms with van der Waals surface area (Å²) in [6, 6.07) is 0. The zero-order valence-electron chi connectivity index (χ0n) is 11.2. The predicted molar refractivity (Wildman–Crippen MR) is 79.2 cm³/mol. The highest BCUT2D eigenvalue weighted by molar-refractivity contribution is 14.1. The monoisotopic (exact) mass is 390 g/mol. The number of rotatable bonds is 5. The van der Waals surface area contributed by atoms with Crippen LogP contribution in [-0.4, -0.2) is 38.9 Å². The average Bonchev–Trinajstić information content (AvgIpc) is 2.98. The molecule has 0 aliphatic heterocycles. The van der Waals surface area contributed by atoms with E-state index >= 15 is 0 Å². The maximum absolute atomic E-state index is 11.6. The van der Waals surface area contributed by atoms with Crippen molar-refractivity contribution in [3.63, 3.8) is 0 Å². The number of nitrogens with zero attached hydrogens (tertiary/aromatic N) is 4. The van der Waals surface area contributed by atoms with Gasteiger partial charge in [0.05, 0.1) is 9.26 Å². The number of aryl methyl sites for hydroxylation is 1. The molecule has 2 rings (SSSR count). The normalized spacial score (nSPS) is 10.8. The van der Waals surface area contributed by atoms with Gasteiger partial charge in [-0.1, -0.05) is 5.16 Å². The molecule has 2 heterocycles. The third kappa shape index (κ3) is 3.15. The first-order chi connectivity index (χ1) is 9.52. The van der Waals surface area contributed by atoms with Crippen LogP contribution in [-0.2, 0) is 6.54 Å². The number of amides is 1. The molecule has 0 saturated heterocycles. The Balaban J connectivity index is 2.09. The molecule has 0 fully saturated rings. The van der Waals surface area contributed by atoms with E-state index in [1.165, 1.54) is 0 Å². The number of nitrogens with one attached hydrogen (secondary N) is 1. The number of aromatic nitrogens is 4. The Labute approximate surface area is 129 Å². The highest BCUT2D eigenvalue weighted by Gasteiger charge is 2.16. The van der Waals surface area contributed by atoms with Crippen molar-refractivity contribution in [3.05, 3.63) is 26.7 Å². The highest BCUT2D eigenvalue weighted by Crippen LogP contribution is 2.15. The summed E-state index contributed by atoms with van der Waals surface area (Å²) in [6.45, 7) is 5.00. The highest BCUT2D eigenvalue weighted by atomic mass is 127. The van der Waals surface area contributed by atoms with E-state index in [2.05, 4.69) is 43.1 Å². The molecule has 2 aromatic heterocycles. The molecule has 0 unspecified atom stereocenters. The fourth-order valence-electron chi connectivity index (χ4n) is 1.63. The molecule has 9 heteroatoms. The molecular weight excluding hydrogens is 375 g/mol. The molecule has 0 aliphatic carbocycles. The van der Waals surface area contributed by atoms with Crippen LogP contribution in [0.25, 0.3) is 0 Å². The van der Waals surface area contributed by atoms with Crippen molar-refractivity contribution in [2.24, 2.45) is 5.73 Å². The third-order valence-electron chi connectivity index (χ3n) is 2.68. The number of carbonyl (C=O) groups is 1. The van der Waals surface area contributed by atoms with Crippen molar-refractivity contribution in [2.75, 3.05) is 13.1 Å². The summed E-state index contributed by atoms with van der Waals surface area (Å²) in [4.78, 5) is 15.7. The second-order valence-electron chi connectivity index (χ2n) is 4.20. The summed E-state index contributed by atoms with van der Waals surface area (Å²) in [5, 5.41) is 10.7. The minimum Gasteiger partial charge on any atom is -0.347 e. The molecule has 0 saturated carbocycles. The largest absolute Gasteiger partial charge is 0.347 e. The summed E-state index contributed by atoms with van der Waals surface area (Å²) >= 11 is 2.24. The SMILES string of the molecule is Cc1nn(Cc2noc(C(=O)NCCN)n2)c(C)c1I. The van der Waals surface area contributed by atoms with Gasteiger partial charge in [-0.2, -0.15) is 10.1 Å². The maximum atomic E-state index is 11.6. The van der Waals surface area contributed by atoms with Gasteiger partial charge in [-0.05, 0) is 36.4 Å². The van der Waals surface area contributed by atoms with Gasteiger partial charge in [0.15, 0.2) is 5.82 Å². The summed E-state index contributed by atoms with van der Waals surface area (Å²) in [6.07, 6.45) is 0. The van der Waals surface area contributed by atoms with Gasteiger partial charge in [0.25, 0.3) is 0 Å². The molecule has 0 atom stereocenters. The van der Waals surface area contributed by atoms with Crippen molar-refractivity contribution in [3.8, 4) is 0 Å². The lowest BCUT2D eigenvalue weighted by atomic mass is 10.4. The van der Waals surface area contributed by atoms with Crippen molar-refractivity contribution in [2.45, 2.75) is 20.4 Å². The summed E-state index contributed by atoms with van der Waals surface area (Å²) < 4.78 is 7.80. The first kappa shape index (κ1) is 14.9. The van der Waals surface area contributed by atoms with E-state index in [0.29, 0.717) is 25.5 Å². The molecule has 108 valence electrons. The fourth-order valence-corrected chi connectivity index (χ4v) is 2.02. The Bertz CT molecular complexity index is 620. The predicted octanol–water partition coefficient (Wildman–Crippen LogP) is 0.224. The molecule has 20 heavy (non-hydrogen) atoms. The number of nitrogens with two attached hydrogens (primary N) is 1. The Morgan fingerprint density at radius 3 is 2.85 bits per heavy atom. The zero-order valence-corrected chi connectivity index (χ0v) is 13.3. The molecule has 3 N–H and O–H groups in total. The van der Waals surface area contributed by atoms with Gasteiger partial charge >= 0.3 is 11.8 Å². The van der Waals surface area contributed by atoms with E-state index in [0.717, 1.165) is 15.0 Å². The lowest BCUT2D eigenvalue weighted by Gasteiger charge is -1.99. The number of hydrogen-bond acceptors (Lipinski definition) is 6. The Morgan fingerprint density at radius 2 is 2.25 bits per heavy atom. The van der Waals surface area contributed by atoms with E-state index in [9.17, 15) is 4.79 Å². The fraction of sp³-hybridized carbons (Fsp3) is 0.455. The van der Waals surface area contributed by atoms with Crippen LogP contribution in [0.1, 0.15) is 27.9 Å². The van der Waals surface area contributed by atoms with Gasteiger partial charge in [0, 0.05) is 18.8 Å². The molecule has 1 amide bonds. The van der Waals surface area contributed by atoms with Crippen LogP contribution < -0.4 is 11.1 Å². The average molecular weight is 390 g/mol. The van der Waals surface area contributed by atoms with E-state index in [1.54, 1.807) is 4.68 Å². The van der Waals surface area contributed by atoms with Gasteiger partial charge < -0.3 is 15.6 Å². The smallest absolute Gasteiger partial charge is 0.316 e. The van der Waals surface area contributed by atoms with Crippen LogP contribution in [0.15, 0.2) is 4.52 Å². The van der Waals surface area contributed by atoms with Gasteiger partial charge in [0.1, 0.15) is 6.54 Å². The van der Waals surface area contributed by atoms with Gasteiger partial charge in [-0.15, -0.1) is 0 Å². The van der Waals surface area contributed by atoms with Crippen LogP contribution in [0.2, 0.25) is 0 Å². The Morgan fingerprint density at radius 1 is 1.50 bits per heavy atom. The molecule has 0 bridgehead atoms. The second kappa shape index (κ2) is 6.31. The molecule has 0 aromatic carbocycles. The van der Waals surface area contributed by atoms with Gasteiger partial charge in [0.2, 0.25) is 0 Å². The zero-order chi connectivity index (χ0) is 14.7. The molecule has 0 aliphatic rings. The Hall–Kier alpha value is -1.49. The second-order valence-corrected chi connectivity index (χ2v) is 5.28. The van der Waals surface area contributed by atoms with Crippen LogP contribution in [0.3, 0.4) is 0 Å². The van der Waals surface area contributed by atoms with Crippen LogP contribution in [0.5, 0.6) is 0 Å². The minimum atomic E-state index is -0.419. The van der Waals surface area contributed by atoms with E-state index < -0.39 is 5.91 Å². The number of hydrogen-bond donors (Lipinski definition) is 2. The summed E-state index contributed by atoms with van der Waals surface area (Å²) in [5.74, 6) is -0.0771. The Kier molecular flexibility index (Phi) is 4.70. The van der Waals surface area contributed by atoms with Gasteiger partial charge in [-0.25, -0.2) is 0 Å². The molecule has 2 aromatic rings. The molecule has 8 nitrogen and oxygen atoms in total. The van der Waals surface area contributed by atoms with Crippen molar-refractivity contribution in [1.29, 1.82) is 0 Å². The maximum Gasteiger partial charge on any atom is 0.316 e. The van der Waals surface area contributed by atoms with Crippen LogP contribution >= 0.6 is 22.6 Å². The number of halogens is 1. The molecular formula is C11H15IN6O2. The van der Waals surface area contributed by atoms with Gasteiger partial charge in [-0.3, -0.25) is 9.48 Å². The minimum absolute atomic E-state index is 0.0651. The standard InChI is InChI=1S/C11H15IN6O2/c1-6-9(12)7(2)18(16-6)5-8-15-11(20-17-8)10(19)14-4-3-13/h3-5,13H2,1-2H3,(H,14,19). The number of carbonyl (C=O) groups excluding carboxylic acids is 1. The topological polar surface area (TPSA) is 112 Å². The van der Waals surface area contributed by atoms with Crippen molar-refractivity contribution < 1.29 is 9.32 Å². The lowest BCUT2D eigenvalue weighted by Crippen LogP contribution is -2.29. The van der Waals surface area contributed by atoms with E-state index in [-0.39, 0.29) is 5.89 Å². The molecule has 0 radical (unpaired) electrons. The first-order valence-corrected chi connectivity index (χ1v) is 7.11. The van der Waals surface area contributed by atoms with Crippen molar-refractivity contribution >= 4 is 28.5 Å². The molecule has 0 spiro atoms. The lowest BCUT2D eigenvalue weighted by molar-refractivity contribution is 0.0911. The third-order valence-corrected chi connectivity index (χ3v) is 4.24. The quantitative estimate of drug-likeness (QED) is 0.707. The van der Waals surface area contributed by atoms with Crippen LogP contribution in [0.4, 0.5) is 0 Å². The van der Waals surface area contributed by atoms with E-state index in [1.807, 2.05) is 13.8 Å². The first-order valence-electron chi connectivity index (χ1n) is 6.03.